The predicted molar refractivity (Wildman–Crippen MR) is 82.6 cm³/mol. The molecule has 1 aliphatic carbocycles. The van der Waals surface area contributed by atoms with E-state index in [-0.39, 0.29) is 5.69 Å². The summed E-state index contributed by atoms with van der Waals surface area (Å²) in [4.78, 5) is 10.3. The molecule has 0 bridgehead atoms. The molecule has 0 aromatic heterocycles. The average Bonchev–Trinajstić information content (AvgIpc) is 2.49. The topological polar surface area (TPSA) is 64.4 Å². The molecule has 1 N–H and O–H groups in total. The third kappa shape index (κ3) is 5.26. The van der Waals surface area contributed by atoms with Crippen molar-refractivity contribution in [3.63, 3.8) is 0 Å². The molecule has 0 spiro atoms. The van der Waals surface area contributed by atoms with Crippen molar-refractivity contribution >= 4 is 17.3 Å². The van der Waals surface area contributed by atoms with E-state index < -0.39 is 4.92 Å². The van der Waals surface area contributed by atoms with Crippen LogP contribution in [0.3, 0.4) is 0 Å². The van der Waals surface area contributed by atoms with Crippen LogP contribution < -0.4 is 5.32 Å². The smallest absolute Gasteiger partial charge is 0.269 e. The van der Waals surface area contributed by atoms with Gasteiger partial charge >= 0.3 is 0 Å². The molecule has 0 heterocycles. The van der Waals surface area contributed by atoms with E-state index in [2.05, 4.69) is 5.32 Å². The molecule has 0 radical (unpaired) electrons. The lowest BCUT2D eigenvalue weighted by atomic mass is 9.98. The van der Waals surface area contributed by atoms with Gasteiger partial charge in [-0.15, -0.1) is 0 Å². The van der Waals surface area contributed by atoms with E-state index in [1.54, 1.807) is 6.07 Å². The van der Waals surface area contributed by atoms with Crippen LogP contribution in [0.5, 0.6) is 0 Å². The number of nitrogens with one attached hydrogen (secondary N) is 1. The Morgan fingerprint density at radius 1 is 1.33 bits per heavy atom. The molecular weight excluding hydrogens is 292 g/mol. The molecular formula is C15H21ClN2O3. The number of rotatable bonds is 7. The first-order valence-electron chi connectivity index (χ1n) is 7.42. The Morgan fingerprint density at radius 3 is 2.81 bits per heavy atom. The number of halogens is 1. The molecule has 0 amide bonds. The number of ether oxygens (including phenoxy) is 1. The van der Waals surface area contributed by atoms with Crippen molar-refractivity contribution in [2.75, 3.05) is 13.2 Å². The maximum atomic E-state index is 10.7. The van der Waals surface area contributed by atoms with Crippen LogP contribution in [0.15, 0.2) is 18.2 Å². The van der Waals surface area contributed by atoms with Gasteiger partial charge in [0.2, 0.25) is 0 Å². The van der Waals surface area contributed by atoms with E-state index in [0.29, 0.717) is 24.3 Å². The van der Waals surface area contributed by atoms with E-state index in [0.717, 1.165) is 24.9 Å². The first-order valence-corrected chi connectivity index (χ1v) is 7.80. The van der Waals surface area contributed by atoms with Crippen molar-refractivity contribution in [2.45, 2.75) is 44.8 Å². The van der Waals surface area contributed by atoms with Gasteiger partial charge in [0.1, 0.15) is 0 Å². The summed E-state index contributed by atoms with van der Waals surface area (Å²) in [5.74, 6) is 0. The SMILES string of the molecule is O=[N+]([O-])c1ccc(Cl)c(CNCCOC2CCCCC2)c1. The van der Waals surface area contributed by atoms with E-state index in [4.69, 9.17) is 16.3 Å². The summed E-state index contributed by atoms with van der Waals surface area (Å²) in [6, 6.07) is 4.49. The van der Waals surface area contributed by atoms with Gasteiger partial charge in [-0.25, -0.2) is 0 Å². The van der Waals surface area contributed by atoms with Crippen LogP contribution in [0.2, 0.25) is 5.02 Å². The molecule has 5 nitrogen and oxygen atoms in total. The molecule has 0 saturated heterocycles. The van der Waals surface area contributed by atoms with Crippen LogP contribution >= 0.6 is 11.6 Å². The van der Waals surface area contributed by atoms with Crippen LogP contribution in [-0.4, -0.2) is 24.2 Å². The van der Waals surface area contributed by atoms with Crippen LogP contribution in [0.1, 0.15) is 37.7 Å². The molecule has 1 fully saturated rings. The van der Waals surface area contributed by atoms with Gasteiger partial charge < -0.3 is 10.1 Å². The summed E-state index contributed by atoms with van der Waals surface area (Å²) in [5.41, 5.74) is 0.804. The van der Waals surface area contributed by atoms with Crippen molar-refractivity contribution in [3.05, 3.63) is 38.9 Å². The lowest BCUT2D eigenvalue weighted by molar-refractivity contribution is -0.384. The summed E-state index contributed by atoms with van der Waals surface area (Å²) in [6.07, 6.45) is 6.58. The molecule has 21 heavy (non-hydrogen) atoms. The fraction of sp³-hybridized carbons (Fsp3) is 0.600. The van der Waals surface area contributed by atoms with Gasteiger partial charge in [0.15, 0.2) is 0 Å². The molecule has 0 atom stereocenters. The van der Waals surface area contributed by atoms with Gasteiger partial charge in [0.05, 0.1) is 17.6 Å². The van der Waals surface area contributed by atoms with Crippen LogP contribution in [-0.2, 0) is 11.3 Å². The maximum absolute atomic E-state index is 10.7. The fourth-order valence-electron chi connectivity index (χ4n) is 2.56. The van der Waals surface area contributed by atoms with Gasteiger partial charge in [-0.2, -0.15) is 0 Å². The Hall–Kier alpha value is -1.17. The van der Waals surface area contributed by atoms with Gasteiger partial charge in [-0.3, -0.25) is 10.1 Å². The Kier molecular flexibility index (Phi) is 6.42. The van der Waals surface area contributed by atoms with Gasteiger partial charge in [0.25, 0.3) is 5.69 Å². The van der Waals surface area contributed by atoms with Gasteiger partial charge in [-0.1, -0.05) is 30.9 Å². The molecule has 0 unspecified atom stereocenters. The molecule has 2 rings (SSSR count). The Labute approximate surface area is 129 Å². The van der Waals surface area contributed by atoms with Crippen molar-refractivity contribution < 1.29 is 9.66 Å². The molecule has 1 aliphatic rings. The molecule has 6 heteroatoms. The zero-order chi connectivity index (χ0) is 15.1. The largest absolute Gasteiger partial charge is 0.377 e. The highest BCUT2D eigenvalue weighted by atomic mass is 35.5. The summed E-state index contributed by atoms with van der Waals surface area (Å²) < 4.78 is 5.81. The third-order valence-electron chi connectivity index (χ3n) is 3.74. The minimum absolute atomic E-state index is 0.0645. The molecule has 1 aromatic carbocycles. The summed E-state index contributed by atoms with van der Waals surface area (Å²) >= 11 is 6.04. The van der Waals surface area contributed by atoms with Crippen molar-refractivity contribution in [3.8, 4) is 0 Å². The third-order valence-corrected chi connectivity index (χ3v) is 4.11. The monoisotopic (exact) mass is 312 g/mol. The zero-order valence-corrected chi connectivity index (χ0v) is 12.8. The van der Waals surface area contributed by atoms with Crippen LogP contribution in [0.25, 0.3) is 0 Å². The van der Waals surface area contributed by atoms with Crippen molar-refractivity contribution in [1.82, 2.24) is 5.32 Å². The summed E-state index contributed by atoms with van der Waals surface area (Å²) in [6.45, 7) is 1.89. The number of non-ortho nitro benzene ring substituents is 1. The highest BCUT2D eigenvalue weighted by Gasteiger charge is 2.13. The van der Waals surface area contributed by atoms with Crippen molar-refractivity contribution in [2.24, 2.45) is 0 Å². The molecule has 116 valence electrons. The van der Waals surface area contributed by atoms with E-state index >= 15 is 0 Å². The normalized spacial score (nSPS) is 16.0. The van der Waals surface area contributed by atoms with Crippen LogP contribution in [0.4, 0.5) is 5.69 Å². The molecule has 1 saturated carbocycles. The minimum atomic E-state index is -0.411. The lowest BCUT2D eigenvalue weighted by Crippen LogP contribution is -2.24. The van der Waals surface area contributed by atoms with E-state index in [9.17, 15) is 10.1 Å². The second kappa shape index (κ2) is 8.32. The Morgan fingerprint density at radius 2 is 2.10 bits per heavy atom. The lowest BCUT2D eigenvalue weighted by Gasteiger charge is -2.22. The Bertz CT molecular complexity index is 476. The van der Waals surface area contributed by atoms with Gasteiger partial charge in [0, 0.05) is 30.2 Å². The first-order chi connectivity index (χ1) is 10.2. The number of nitrogens with zero attached hydrogens (tertiary/aromatic N) is 1. The summed E-state index contributed by atoms with van der Waals surface area (Å²) in [7, 11) is 0. The number of nitro groups is 1. The van der Waals surface area contributed by atoms with Crippen LogP contribution in [0, 0.1) is 10.1 Å². The van der Waals surface area contributed by atoms with E-state index in [1.807, 2.05) is 0 Å². The number of benzene rings is 1. The summed E-state index contributed by atoms with van der Waals surface area (Å²) in [5, 5.41) is 14.5. The quantitative estimate of drug-likeness (QED) is 0.474. The number of hydrogen-bond acceptors (Lipinski definition) is 4. The van der Waals surface area contributed by atoms with E-state index in [1.165, 1.54) is 31.4 Å². The number of nitro benzene ring substituents is 1. The fourth-order valence-corrected chi connectivity index (χ4v) is 2.75. The van der Waals surface area contributed by atoms with Gasteiger partial charge in [-0.05, 0) is 24.5 Å². The second-order valence-corrected chi connectivity index (χ2v) is 5.75. The number of hydrogen-bond donors (Lipinski definition) is 1. The Balaban J connectivity index is 1.70. The molecule has 0 aliphatic heterocycles. The predicted octanol–water partition coefficient (Wildman–Crippen LogP) is 3.69. The standard InChI is InChI=1S/C15H21ClN2O3/c16-15-7-6-13(18(19)20)10-12(15)11-17-8-9-21-14-4-2-1-3-5-14/h6-7,10,14,17H,1-5,8-9,11H2. The minimum Gasteiger partial charge on any atom is -0.377 e. The zero-order valence-electron chi connectivity index (χ0n) is 12.0. The van der Waals surface area contributed by atoms with Crippen molar-refractivity contribution in [1.29, 1.82) is 0 Å². The molecule has 1 aromatic rings. The average molecular weight is 313 g/mol. The highest BCUT2D eigenvalue weighted by Crippen LogP contribution is 2.22. The second-order valence-electron chi connectivity index (χ2n) is 5.34. The maximum Gasteiger partial charge on any atom is 0.269 e. The first kappa shape index (κ1) is 16.2. The highest BCUT2D eigenvalue weighted by molar-refractivity contribution is 6.31.